The maximum Gasteiger partial charge on any atom is 0.350 e. The molecule has 0 radical (unpaired) electrons. The van der Waals surface area contributed by atoms with Crippen LogP contribution in [0.1, 0.15) is 45.8 Å². The lowest BCUT2D eigenvalue weighted by Gasteiger charge is -2.16. The summed E-state index contributed by atoms with van der Waals surface area (Å²) in [4.78, 5) is 25.7. The van der Waals surface area contributed by atoms with Crippen LogP contribution in [0.3, 0.4) is 0 Å². The predicted octanol–water partition coefficient (Wildman–Crippen LogP) is 2.64. The number of hydrogen-bond acceptors (Lipinski definition) is 7. The zero-order valence-electron chi connectivity index (χ0n) is 17.4. The molecular weight excluding hydrogens is 402 g/mol. The monoisotopic (exact) mass is 427 g/mol. The molecule has 3 aromatic rings. The average molecular weight is 428 g/mol. The van der Waals surface area contributed by atoms with Crippen molar-refractivity contribution in [3.8, 4) is 5.82 Å². The number of carbonyl (C=O) groups is 1. The fraction of sp³-hybridized carbons (Fsp3) is 0.350. The molecule has 10 heteroatoms. The first kappa shape index (κ1) is 21.4. The van der Waals surface area contributed by atoms with Crippen LogP contribution in [0.4, 0.5) is 0 Å². The van der Waals surface area contributed by atoms with E-state index in [4.69, 9.17) is 4.74 Å². The first-order valence-corrected chi connectivity index (χ1v) is 10.4. The number of guanidine groups is 1. The Morgan fingerprint density at radius 2 is 2.23 bits per heavy atom. The maximum absolute atomic E-state index is 12.0. The van der Waals surface area contributed by atoms with Crippen LogP contribution in [0.2, 0.25) is 0 Å². The van der Waals surface area contributed by atoms with Gasteiger partial charge in [0.15, 0.2) is 11.8 Å². The number of hydrogen-bond donors (Lipinski definition) is 2. The summed E-state index contributed by atoms with van der Waals surface area (Å²) >= 11 is 1.33. The fourth-order valence-corrected chi connectivity index (χ4v) is 3.70. The van der Waals surface area contributed by atoms with Gasteiger partial charge in [-0.25, -0.2) is 19.4 Å². The number of aromatic nitrogens is 4. The molecule has 0 spiro atoms. The summed E-state index contributed by atoms with van der Waals surface area (Å²) in [6, 6.07) is 5.63. The molecule has 1 atom stereocenters. The van der Waals surface area contributed by atoms with E-state index in [1.807, 2.05) is 38.2 Å². The second kappa shape index (κ2) is 9.97. The lowest BCUT2D eigenvalue weighted by molar-refractivity contribution is 0.0531. The highest BCUT2D eigenvalue weighted by Gasteiger charge is 2.20. The normalized spacial score (nSPS) is 12.5. The largest absolute Gasteiger partial charge is 0.462 e. The third-order valence-corrected chi connectivity index (χ3v) is 5.55. The first-order chi connectivity index (χ1) is 14.5. The van der Waals surface area contributed by atoms with Crippen molar-refractivity contribution in [2.75, 3.05) is 13.7 Å². The molecule has 0 saturated carbocycles. The molecule has 1 unspecified atom stereocenters. The molecule has 9 nitrogen and oxygen atoms in total. The molecule has 0 bridgehead atoms. The highest BCUT2D eigenvalue weighted by molar-refractivity contribution is 7.13. The smallest absolute Gasteiger partial charge is 0.350 e. The van der Waals surface area contributed by atoms with Gasteiger partial charge in [0.05, 0.1) is 18.3 Å². The lowest BCUT2D eigenvalue weighted by atomic mass is 10.2. The lowest BCUT2D eigenvalue weighted by Crippen LogP contribution is -2.38. The Kier molecular flexibility index (Phi) is 7.12. The van der Waals surface area contributed by atoms with Gasteiger partial charge < -0.3 is 15.4 Å². The van der Waals surface area contributed by atoms with Crippen LogP contribution in [0.5, 0.6) is 0 Å². The van der Waals surface area contributed by atoms with E-state index in [0.29, 0.717) is 29.7 Å². The van der Waals surface area contributed by atoms with Gasteiger partial charge in [-0.15, -0.1) is 11.3 Å². The molecule has 0 aromatic carbocycles. The van der Waals surface area contributed by atoms with Gasteiger partial charge >= 0.3 is 5.97 Å². The molecule has 0 aliphatic carbocycles. The quantitative estimate of drug-likeness (QED) is 0.339. The Morgan fingerprint density at radius 3 is 2.93 bits per heavy atom. The SMILES string of the molecule is CCOC(=O)c1sc(C(C)NC(=NC)NCc2ccnc(-n3cccn3)c2)nc1C. The Balaban J connectivity index is 1.62. The van der Waals surface area contributed by atoms with E-state index in [9.17, 15) is 4.79 Å². The number of esters is 1. The number of thiazole rings is 1. The minimum absolute atomic E-state index is 0.125. The summed E-state index contributed by atoms with van der Waals surface area (Å²) in [7, 11) is 1.71. The van der Waals surface area contributed by atoms with Crippen LogP contribution in [-0.2, 0) is 11.3 Å². The summed E-state index contributed by atoms with van der Waals surface area (Å²) in [5.74, 6) is 1.05. The highest BCUT2D eigenvalue weighted by Crippen LogP contribution is 2.24. The molecule has 0 saturated heterocycles. The van der Waals surface area contributed by atoms with E-state index in [2.05, 4.69) is 30.7 Å². The molecule has 0 fully saturated rings. The van der Waals surface area contributed by atoms with Gasteiger partial charge in [0.2, 0.25) is 0 Å². The predicted molar refractivity (Wildman–Crippen MR) is 116 cm³/mol. The number of nitrogens with one attached hydrogen (secondary N) is 2. The average Bonchev–Trinajstić information content (AvgIpc) is 3.41. The molecule has 3 heterocycles. The van der Waals surface area contributed by atoms with Gasteiger partial charge in [0.1, 0.15) is 9.88 Å². The molecule has 0 aliphatic rings. The van der Waals surface area contributed by atoms with Gasteiger partial charge in [0.25, 0.3) is 0 Å². The van der Waals surface area contributed by atoms with Crippen molar-refractivity contribution in [2.24, 2.45) is 4.99 Å². The van der Waals surface area contributed by atoms with E-state index >= 15 is 0 Å². The summed E-state index contributed by atoms with van der Waals surface area (Å²) < 4.78 is 6.80. The molecule has 158 valence electrons. The Labute approximate surface area is 179 Å². The first-order valence-electron chi connectivity index (χ1n) is 9.58. The van der Waals surface area contributed by atoms with Crippen LogP contribution in [-0.4, -0.2) is 45.3 Å². The number of pyridine rings is 1. The van der Waals surface area contributed by atoms with Gasteiger partial charge in [-0.2, -0.15) is 5.10 Å². The van der Waals surface area contributed by atoms with E-state index in [-0.39, 0.29) is 12.0 Å². The highest BCUT2D eigenvalue weighted by atomic mass is 32.1. The van der Waals surface area contributed by atoms with Crippen molar-refractivity contribution in [3.05, 3.63) is 57.9 Å². The van der Waals surface area contributed by atoms with Gasteiger partial charge in [-0.05, 0) is 44.5 Å². The fourth-order valence-electron chi connectivity index (χ4n) is 2.74. The molecule has 0 amide bonds. The summed E-state index contributed by atoms with van der Waals surface area (Å²) in [6.45, 7) is 6.48. The summed E-state index contributed by atoms with van der Waals surface area (Å²) in [5.41, 5.74) is 1.72. The minimum atomic E-state index is -0.334. The maximum atomic E-state index is 12.0. The van der Waals surface area contributed by atoms with Gasteiger partial charge in [-0.3, -0.25) is 4.99 Å². The van der Waals surface area contributed by atoms with E-state index in [1.54, 1.807) is 31.0 Å². The number of nitrogens with zero attached hydrogens (tertiary/aromatic N) is 5. The second-order valence-corrected chi connectivity index (χ2v) is 7.48. The minimum Gasteiger partial charge on any atom is -0.462 e. The van der Waals surface area contributed by atoms with Crippen LogP contribution in [0.25, 0.3) is 5.82 Å². The van der Waals surface area contributed by atoms with Crippen molar-refractivity contribution < 1.29 is 9.53 Å². The van der Waals surface area contributed by atoms with Crippen LogP contribution in [0.15, 0.2) is 41.8 Å². The third kappa shape index (κ3) is 5.20. The van der Waals surface area contributed by atoms with Crippen molar-refractivity contribution in [2.45, 2.75) is 33.4 Å². The van der Waals surface area contributed by atoms with E-state index in [0.717, 1.165) is 16.4 Å². The van der Waals surface area contributed by atoms with Crippen molar-refractivity contribution >= 4 is 23.3 Å². The van der Waals surface area contributed by atoms with Crippen LogP contribution >= 0.6 is 11.3 Å². The molecule has 30 heavy (non-hydrogen) atoms. The molecule has 3 rings (SSSR count). The number of carbonyl (C=O) groups excluding carboxylic acids is 1. The Bertz CT molecular complexity index is 1010. The number of rotatable bonds is 7. The molecular formula is C20H25N7O2S. The van der Waals surface area contributed by atoms with Crippen molar-refractivity contribution in [1.82, 2.24) is 30.4 Å². The third-order valence-electron chi connectivity index (χ3n) is 4.23. The molecule has 3 aromatic heterocycles. The number of aliphatic imine (C=N–C) groups is 1. The zero-order valence-corrected chi connectivity index (χ0v) is 18.2. The Hall–Kier alpha value is -3.27. The van der Waals surface area contributed by atoms with E-state index < -0.39 is 0 Å². The molecule has 0 aliphatic heterocycles. The molecule has 2 N–H and O–H groups in total. The van der Waals surface area contributed by atoms with Crippen molar-refractivity contribution in [1.29, 1.82) is 0 Å². The van der Waals surface area contributed by atoms with Crippen molar-refractivity contribution in [3.63, 3.8) is 0 Å². The number of aryl methyl sites for hydroxylation is 1. The van der Waals surface area contributed by atoms with E-state index in [1.165, 1.54) is 11.3 Å². The second-order valence-electron chi connectivity index (χ2n) is 6.45. The summed E-state index contributed by atoms with van der Waals surface area (Å²) in [5, 5.41) is 11.6. The van der Waals surface area contributed by atoms with Crippen LogP contribution in [0, 0.1) is 6.92 Å². The van der Waals surface area contributed by atoms with Crippen LogP contribution < -0.4 is 10.6 Å². The Morgan fingerprint density at radius 1 is 1.40 bits per heavy atom. The van der Waals surface area contributed by atoms with Gasteiger partial charge in [-0.1, -0.05) is 0 Å². The summed E-state index contributed by atoms with van der Waals surface area (Å²) in [6.07, 6.45) is 5.32. The standard InChI is InChI=1S/C20H25N7O2S/c1-5-29-19(28)17-13(2)25-18(30-17)14(3)26-20(21-4)23-12-15-7-9-22-16(11-15)27-10-6-8-24-27/h6-11,14H,5,12H2,1-4H3,(H2,21,23,26). The van der Waals surface area contributed by atoms with Gasteiger partial charge in [0, 0.05) is 32.2 Å². The zero-order chi connectivity index (χ0) is 21.5. The number of ether oxygens (including phenoxy) is 1. The topological polar surface area (TPSA) is 106 Å².